The number of sulfonamides is 2. The Labute approximate surface area is 134 Å². The van der Waals surface area contributed by atoms with Crippen LogP contribution in [0.1, 0.15) is 18.5 Å². The number of ether oxygens (including phenoxy) is 1. The Morgan fingerprint density at radius 3 is 2.77 bits per heavy atom. The standard InChI is InChI=1S/C11H19N3O5S3/c1-3-13-9-7-14(4-5-19-2)22(17,18)11-8(9)6-10(20-11)21(12,15)16/h6,9,13H,3-5,7H2,1-2H3,(H2,12,15,16)/t9-/m1/s1. The predicted octanol–water partition coefficient (Wildman–Crippen LogP) is -0.303. The Bertz CT molecular complexity index is 741. The highest BCUT2D eigenvalue weighted by Gasteiger charge is 2.39. The van der Waals surface area contributed by atoms with Gasteiger partial charge in [0.05, 0.1) is 6.61 Å². The molecule has 0 radical (unpaired) electrons. The Balaban J connectivity index is 2.52. The van der Waals surface area contributed by atoms with Crippen molar-refractivity contribution in [3.05, 3.63) is 11.6 Å². The molecule has 0 saturated heterocycles. The zero-order chi connectivity index (χ0) is 16.5. The summed E-state index contributed by atoms with van der Waals surface area (Å²) in [4.78, 5) is 0. The Hall–Kier alpha value is -0.560. The molecule has 0 bridgehead atoms. The molecule has 1 aliphatic heterocycles. The van der Waals surface area contributed by atoms with E-state index in [0.717, 1.165) is 0 Å². The minimum absolute atomic E-state index is 0.0322. The molecule has 0 saturated carbocycles. The maximum Gasteiger partial charge on any atom is 0.253 e. The van der Waals surface area contributed by atoms with Gasteiger partial charge in [-0.15, -0.1) is 11.3 Å². The van der Waals surface area contributed by atoms with Crippen molar-refractivity contribution in [2.75, 3.05) is 33.4 Å². The van der Waals surface area contributed by atoms with Crippen molar-refractivity contribution in [1.82, 2.24) is 9.62 Å². The topological polar surface area (TPSA) is 119 Å². The smallest absolute Gasteiger partial charge is 0.253 e. The van der Waals surface area contributed by atoms with Crippen molar-refractivity contribution in [3.63, 3.8) is 0 Å². The van der Waals surface area contributed by atoms with Gasteiger partial charge in [0.25, 0.3) is 10.0 Å². The molecule has 1 atom stereocenters. The van der Waals surface area contributed by atoms with Gasteiger partial charge >= 0.3 is 0 Å². The van der Waals surface area contributed by atoms with Crippen LogP contribution in [0.25, 0.3) is 0 Å². The molecule has 1 aromatic rings. The lowest BCUT2D eigenvalue weighted by molar-refractivity contribution is 0.174. The van der Waals surface area contributed by atoms with Crippen LogP contribution >= 0.6 is 11.3 Å². The van der Waals surface area contributed by atoms with Crippen LogP contribution in [0.5, 0.6) is 0 Å². The summed E-state index contributed by atoms with van der Waals surface area (Å²) >= 11 is 0.693. The number of likely N-dealkylation sites (N-methyl/N-ethyl adjacent to an activating group) is 1. The van der Waals surface area contributed by atoms with Crippen LogP contribution in [0.15, 0.2) is 14.5 Å². The fourth-order valence-corrected chi connectivity index (χ4v) is 6.55. The van der Waals surface area contributed by atoms with Gasteiger partial charge in [0.2, 0.25) is 10.0 Å². The summed E-state index contributed by atoms with van der Waals surface area (Å²) in [6, 6.07) is 1.08. The highest BCUT2D eigenvalue weighted by Crippen LogP contribution is 2.39. The molecular weight excluding hydrogens is 350 g/mol. The third kappa shape index (κ3) is 3.35. The zero-order valence-corrected chi connectivity index (χ0v) is 14.7. The maximum absolute atomic E-state index is 12.6. The second-order valence-corrected chi connectivity index (χ2v) is 9.79. The van der Waals surface area contributed by atoms with Gasteiger partial charge in [-0.2, -0.15) is 4.31 Å². The van der Waals surface area contributed by atoms with E-state index < -0.39 is 20.0 Å². The lowest BCUT2D eigenvalue weighted by atomic mass is 10.1. The van der Waals surface area contributed by atoms with Gasteiger partial charge in [0.15, 0.2) is 0 Å². The number of nitrogens with one attached hydrogen (secondary N) is 1. The van der Waals surface area contributed by atoms with E-state index >= 15 is 0 Å². The first-order chi connectivity index (χ1) is 10.2. The van der Waals surface area contributed by atoms with Crippen LogP contribution in [-0.2, 0) is 24.8 Å². The van der Waals surface area contributed by atoms with Crippen LogP contribution in [0.3, 0.4) is 0 Å². The molecule has 0 aliphatic carbocycles. The average molecular weight is 369 g/mol. The molecule has 0 spiro atoms. The molecule has 0 aromatic carbocycles. The summed E-state index contributed by atoms with van der Waals surface area (Å²) in [5.41, 5.74) is 0.463. The maximum atomic E-state index is 12.6. The van der Waals surface area contributed by atoms with Gasteiger partial charge in [0, 0.05) is 31.8 Å². The molecular formula is C11H19N3O5S3. The molecule has 3 N–H and O–H groups in total. The fourth-order valence-electron chi connectivity index (χ4n) is 2.29. The summed E-state index contributed by atoms with van der Waals surface area (Å²) in [6.07, 6.45) is 0. The van der Waals surface area contributed by atoms with Crippen molar-refractivity contribution in [3.8, 4) is 0 Å². The summed E-state index contributed by atoms with van der Waals surface area (Å²) in [5, 5.41) is 8.30. The molecule has 22 heavy (non-hydrogen) atoms. The summed E-state index contributed by atoms with van der Waals surface area (Å²) < 4.78 is 54.4. The molecule has 1 aromatic heterocycles. The first kappa shape index (κ1) is 17.8. The fraction of sp³-hybridized carbons (Fsp3) is 0.636. The lowest BCUT2D eigenvalue weighted by Crippen LogP contribution is -2.44. The summed E-state index contributed by atoms with van der Waals surface area (Å²) in [5.74, 6) is 0. The molecule has 2 heterocycles. The van der Waals surface area contributed by atoms with Gasteiger partial charge in [-0.05, 0) is 12.6 Å². The van der Waals surface area contributed by atoms with Crippen LogP contribution in [0.2, 0.25) is 0 Å². The number of fused-ring (bicyclic) bond motifs is 1. The summed E-state index contributed by atoms with van der Waals surface area (Å²) in [6.45, 7) is 3.23. The van der Waals surface area contributed by atoms with Gasteiger partial charge < -0.3 is 10.1 Å². The molecule has 8 nitrogen and oxygen atoms in total. The van der Waals surface area contributed by atoms with E-state index in [1.54, 1.807) is 0 Å². The first-order valence-corrected chi connectivity index (χ1v) is 10.4. The van der Waals surface area contributed by atoms with Crippen LogP contribution < -0.4 is 10.5 Å². The van der Waals surface area contributed by atoms with Crippen molar-refractivity contribution in [1.29, 1.82) is 0 Å². The van der Waals surface area contributed by atoms with Gasteiger partial charge in [-0.3, -0.25) is 0 Å². The van der Waals surface area contributed by atoms with E-state index in [4.69, 9.17) is 9.88 Å². The molecule has 0 fully saturated rings. The largest absolute Gasteiger partial charge is 0.383 e. The molecule has 1 aliphatic rings. The van der Waals surface area contributed by atoms with E-state index in [1.807, 2.05) is 6.92 Å². The van der Waals surface area contributed by atoms with Crippen LogP contribution in [-0.4, -0.2) is 54.5 Å². The molecule has 2 rings (SSSR count). The second-order valence-electron chi connectivity index (χ2n) is 4.82. The van der Waals surface area contributed by atoms with Gasteiger partial charge in [-0.25, -0.2) is 22.0 Å². The number of rotatable bonds is 6. The van der Waals surface area contributed by atoms with Crippen molar-refractivity contribution < 1.29 is 21.6 Å². The van der Waals surface area contributed by atoms with E-state index in [-0.39, 0.29) is 34.2 Å². The molecule has 11 heteroatoms. The molecule has 126 valence electrons. The van der Waals surface area contributed by atoms with E-state index in [9.17, 15) is 16.8 Å². The van der Waals surface area contributed by atoms with Crippen molar-refractivity contribution >= 4 is 31.4 Å². The van der Waals surface area contributed by atoms with Crippen LogP contribution in [0.4, 0.5) is 0 Å². The minimum Gasteiger partial charge on any atom is -0.383 e. The zero-order valence-electron chi connectivity index (χ0n) is 12.3. The number of hydrogen-bond donors (Lipinski definition) is 2. The number of hydrogen-bond acceptors (Lipinski definition) is 7. The molecule has 0 unspecified atom stereocenters. The number of nitrogens with zero attached hydrogens (tertiary/aromatic N) is 1. The Morgan fingerprint density at radius 2 is 2.23 bits per heavy atom. The number of primary sulfonamides is 1. The third-order valence-corrected chi connectivity index (χ3v) is 8.28. The van der Waals surface area contributed by atoms with Crippen LogP contribution in [0, 0.1) is 0 Å². The highest BCUT2D eigenvalue weighted by atomic mass is 32.3. The van der Waals surface area contributed by atoms with E-state index in [1.165, 1.54) is 17.5 Å². The second kappa shape index (κ2) is 6.51. The number of nitrogens with two attached hydrogens (primary N) is 1. The van der Waals surface area contributed by atoms with Crippen molar-refractivity contribution in [2.24, 2.45) is 5.14 Å². The predicted molar refractivity (Wildman–Crippen MR) is 82.7 cm³/mol. The third-order valence-electron chi connectivity index (χ3n) is 3.31. The number of thiophene rings is 1. The minimum atomic E-state index is -3.94. The van der Waals surface area contributed by atoms with Gasteiger partial charge in [0.1, 0.15) is 8.42 Å². The Morgan fingerprint density at radius 1 is 1.55 bits per heavy atom. The van der Waals surface area contributed by atoms with Gasteiger partial charge in [-0.1, -0.05) is 6.92 Å². The average Bonchev–Trinajstić information content (AvgIpc) is 2.87. The van der Waals surface area contributed by atoms with Crippen molar-refractivity contribution in [2.45, 2.75) is 21.4 Å². The highest BCUT2D eigenvalue weighted by molar-refractivity contribution is 7.94. The first-order valence-electron chi connectivity index (χ1n) is 6.60. The lowest BCUT2D eigenvalue weighted by Gasteiger charge is -2.32. The monoisotopic (exact) mass is 369 g/mol. The Kier molecular flexibility index (Phi) is 5.27. The number of methoxy groups -OCH3 is 1. The SMILES string of the molecule is CCN[C@@H]1CN(CCOC)S(=O)(=O)c2sc(S(N)(=O)=O)cc21. The quantitative estimate of drug-likeness (QED) is 0.710. The van der Waals surface area contributed by atoms with E-state index in [0.29, 0.717) is 23.4 Å². The normalized spacial score (nSPS) is 21.7. The summed E-state index contributed by atoms with van der Waals surface area (Å²) in [7, 11) is -6.18. The molecule has 0 amide bonds. The van der Waals surface area contributed by atoms with E-state index in [2.05, 4.69) is 5.32 Å².